The monoisotopic (exact) mass is 2170 g/mol. The summed E-state index contributed by atoms with van der Waals surface area (Å²) in [6, 6.07) is 14.5. The van der Waals surface area contributed by atoms with E-state index in [1.807, 2.05) is 55.4 Å². The Labute approximate surface area is 883 Å². The van der Waals surface area contributed by atoms with Crippen LogP contribution in [0.5, 0.6) is 5.75 Å². The first kappa shape index (κ1) is 142. The summed E-state index contributed by atoms with van der Waals surface area (Å²) in [5.74, 6) is -1.81. The highest BCUT2D eigenvalue weighted by Crippen LogP contribution is 2.63. The van der Waals surface area contributed by atoms with Crippen molar-refractivity contribution < 1.29 is 157 Å². The number of fused-ring (bicyclic) bond motifs is 3. The largest absolute Gasteiger partial charge is 0.481 e. The average Bonchev–Trinajstić information content (AvgIpc) is 1.53. The van der Waals surface area contributed by atoms with Gasteiger partial charge in [-0.3, -0.25) is 52.8 Å². The summed E-state index contributed by atoms with van der Waals surface area (Å²) < 4.78 is 221. The van der Waals surface area contributed by atoms with Crippen LogP contribution in [0.2, 0.25) is 0 Å². The number of imide groups is 1. The number of esters is 7. The van der Waals surface area contributed by atoms with E-state index >= 15 is 0 Å². The Morgan fingerprint density at radius 2 is 0.893 bits per heavy atom. The van der Waals surface area contributed by atoms with Crippen molar-refractivity contribution in [3.63, 3.8) is 0 Å². The van der Waals surface area contributed by atoms with E-state index in [1.165, 1.54) is 95.9 Å². The molecule has 0 spiro atoms. The summed E-state index contributed by atoms with van der Waals surface area (Å²) in [6.45, 7) is 70.7. The molecule has 2 N–H and O–H groups in total. The van der Waals surface area contributed by atoms with E-state index in [1.54, 1.807) is 83.1 Å². The standard InChI is InChI=1S/C16H30O2.C15H19NO4.C15H24.C14H17F3O2.C13H21F3O.C10H17F3O2.2C9H15F3O2.C7H11NO2.C6H12O2/c1-7-15(3,4)14(17)18-16(5,6)13-10-8-12(2)9-11-13;1-4-14(2,3)12(17)19-10-8-5-9-11(10)20-13(18)15(9,6-8)7-16;1-7-15(5,6)13-10-8-12(9-11-13)14(2,3)4;1-5-13(3,4)12(18)19-11-7-9(2)6-10(8-11)14(15,16)17;1-7-8(2)11-5-9(7)4-10(11)6-12(3,17)13(14,15)16;1-6-9(5,10(11,12)13)7(14)15-8(2,3)4;2*1-5-8(3,4)7(13)14-6(2)9(10,11)12;1-4-5(2)7(10)8(3)6(4)9;1-4-6(2,3)5(7)8/h12-13H,7-11H2,1-6H3;8-11H,4-6H2,1-3H3;8-11H,7H2,1-6H3;6-8H,5H2,1-4H3;7-11,17H,4-6H2,1-3H3;6H2,1-5H3;2*6H,5H2,1-4H3;4-5H,1-3H3;4H2,1-3H3,(H,7,8). The molecular weight excluding hydrogens is 1990 g/mol. The maximum atomic E-state index is 12.7. The van der Waals surface area contributed by atoms with Gasteiger partial charge in [0.05, 0.1) is 44.1 Å². The number of likely N-dealkylation sites (tertiary alicyclic amines) is 1. The maximum Gasteiger partial charge on any atom is 0.425 e. The van der Waals surface area contributed by atoms with Crippen LogP contribution in [0, 0.1) is 127 Å². The minimum atomic E-state index is -4.58. The number of nitriles is 1. The third kappa shape index (κ3) is 40.2. The van der Waals surface area contributed by atoms with Crippen molar-refractivity contribution in [2.75, 3.05) is 7.05 Å². The second-order valence-electron chi connectivity index (χ2n) is 49.3. The molecule has 16 unspecified atom stereocenters. The van der Waals surface area contributed by atoms with Crippen molar-refractivity contribution in [2.45, 2.75) is 469 Å². The molecule has 5 aliphatic carbocycles. The number of nitrogens with zero attached hydrogens (tertiary/aromatic N) is 2. The molecule has 36 heteroatoms. The maximum absolute atomic E-state index is 12.7. The predicted molar refractivity (Wildman–Crippen MR) is 547 cm³/mol. The number of aliphatic hydroxyl groups is 1. The average molecular weight is 2170 g/mol. The lowest BCUT2D eigenvalue weighted by molar-refractivity contribution is -0.260. The van der Waals surface area contributed by atoms with E-state index in [4.69, 9.17) is 28.8 Å². The van der Waals surface area contributed by atoms with Gasteiger partial charge in [0.2, 0.25) is 11.8 Å². The molecule has 4 bridgehead atoms. The molecule has 5 saturated carbocycles. The van der Waals surface area contributed by atoms with E-state index in [0.29, 0.717) is 79.1 Å². The quantitative estimate of drug-likeness (QED) is 0.0324. The number of carboxylic acids is 1. The number of aryl methyl sites for hydroxylation is 1. The van der Waals surface area contributed by atoms with E-state index in [9.17, 15) is 124 Å². The molecule has 2 aromatic rings. The van der Waals surface area contributed by atoms with Gasteiger partial charge in [0.15, 0.2) is 28.6 Å². The van der Waals surface area contributed by atoms with Crippen LogP contribution in [-0.2, 0) is 93.4 Å². The highest BCUT2D eigenvalue weighted by molar-refractivity contribution is 6.04. The second-order valence-corrected chi connectivity index (χ2v) is 49.3. The fourth-order valence-electron chi connectivity index (χ4n) is 16.4. The summed E-state index contributed by atoms with van der Waals surface area (Å²) in [7, 11) is 1.53. The lowest BCUT2D eigenvalue weighted by atomic mass is 9.72. The molecular formula is C114H181F15N2O19. The molecule has 2 amide bonds. The number of aliphatic carboxylic acids is 1. The third-order valence-electron chi connectivity index (χ3n) is 32.2. The second kappa shape index (κ2) is 54.4. The summed E-state index contributed by atoms with van der Waals surface area (Å²) in [5, 5.41) is 27.3. The number of rotatable bonds is 24. The lowest BCUT2D eigenvalue weighted by Gasteiger charge is -2.39. The molecule has 7 fully saturated rings. The highest BCUT2D eigenvalue weighted by atomic mass is 19.4. The Morgan fingerprint density at radius 3 is 1.22 bits per heavy atom. The first-order chi connectivity index (χ1) is 67.2. The van der Waals surface area contributed by atoms with Gasteiger partial charge in [-0.05, 0) is 336 Å². The van der Waals surface area contributed by atoms with Crippen LogP contribution in [0.3, 0.4) is 0 Å². The van der Waals surface area contributed by atoms with Gasteiger partial charge in [0, 0.05) is 30.7 Å². The number of carbonyl (C=O) groups excluding carboxylic acids is 9. The molecule has 0 radical (unpaired) electrons. The lowest BCUT2D eigenvalue weighted by Crippen LogP contribution is -2.45. The normalized spacial score (nSPS) is 24.0. The first-order valence-electron chi connectivity index (χ1n) is 52.5. The Morgan fingerprint density at radius 1 is 0.487 bits per heavy atom. The number of hydrogen-bond donors (Lipinski definition) is 2. The minimum absolute atomic E-state index is 0.0443. The summed E-state index contributed by atoms with van der Waals surface area (Å²) in [5.41, 5.74) is -8.01. The Kier molecular flexibility index (Phi) is 51.4. The van der Waals surface area contributed by atoms with Crippen molar-refractivity contribution in [1.82, 2.24) is 4.90 Å². The summed E-state index contributed by atoms with van der Waals surface area (Å²) >= 11 is 0. The molecule has 866 valence electrons. The van der Waals surface area contributed by atoms with Crippen LogP contribution in [0.1, 0.15) is 401 Å². The van der Waals surface area contributed by atoms with Gasteiger partial charge >= 0.3 is 78.6 Å². The van der Waals surface area contributed by atoms with Crippen LogP contribution < -0.4 is 4.74 Å². The number of halogens is 15. The fraction of sp³-hybridized carbons (Fsp3) is 0.798. The molecule has 2 aromatic carbocycles. The Balaban J connectivity index is 0.00000166. The summed E-state index contributed by atoms with van der Waals surface area (Å²) in [6.07, 6.45) is -15.0. The molecule has 16 atom stereocenters. The smallest absolute Gasteiger partial charge is 0.425 e. The number of hydrogen-bond acceptors (Lipinski definition) is 19. The van der Waals surface area contributed by atoms with Crippen molar-refractivity contribution in [3.05, 3.63) is 64.7 Å². The highest BCUT2D eigenvalue weighted by Gasteiger charge is 2.73. The molecule has 7 aliphatic rings. The van der Waals surface area contributed by atoms with Crippen molar-refractivity contribution in [1.29, 1.82) is 5.26 Å². The molecule has 9 rings (SSSR count). The van der Waals surface area contributed by atoms with Crippen molar-refractivity contribution in [2.24, 2.45) is 108 Å². The van der Waals surface area contributed by atoms with E-state index in [0.717, 1.165) is 71.4 Å². The number of carbonyl (C=O) groups is 10. The zero-order chi connectivity index (χ0) is 119. The van der Waals surface area contributed by atoms with E-state index in [2.05, 4.69) is 116 Å². The first-order valence-corrected chi connectivity index (χ1v) is 52.5. The molecule has 150 heavy (non-hydrogen) atoms. The molecule has 2 aliphatic heterocycles. The fourth-order valence-corrected chi connectivity index (χ4v) is 16.4. The van der Waals surface area contributed by atoms with Gasteiger partial charge in [0.25, 0.3) is 0 Å². The predicted octanol–water partition coefficient (Wildman–Crippen LogP) is 29.9. The van der Waals surface area contributed by atoms with Gasteiger partial charge in [-0.15, -0.1) is 0 Å². The number of ether oxygens (including phenoxy) is 7. The molecule has 0 aromatic heterocycles. The SMILES string of the molecule is CC1C(=O)N(C)C(=O)C1C.CC1C2CC(CC(C)(O)C(F)(F)F)C(C2)C1C.CCC(C)(C(=O)OC(C)(C)C)C(F)(F)F.CCC(C)(C)C(=O)O.CCC(C)(C)C(=O)OC(C)(C)C1CCC(C)CC1.CCC(C)(C)C(=O)OC(C)C(F)(F)F.CCC(C)(C)C(=O)OC(C)C(F)(F)F.CCC(C)(C)C(=O)OC1C2CC3C1OC(=O)C3(C#N)C2.CCC(C)(C)C(=O)Oc1cc(C)cc(C(F)(F)F)c1.CCC(C)(C)c1ccc(C(C)(C)C)cc1. The molecule has 21 nitrogen and oxygen atoms in total. The number of alkyl halides is 15. The van der Waals surface area contributed by atoms with Crippen LogP contribution in [0.4, 0.5) is 65.9 Å². The van der Waals surface area contributed by atoms with Gasteiger partial charge < -0.3 is 43.4 Å². The minimum Gasteiger partial charge on any atom is -0.481 e. The van der Waals surface area contributed by atoms with Gasteiger partial charge in [-0.25, -0.2) is 0 Å². The zero-order valence-corrected chi connectivity index (χ0v) is 97.1. The van der Waals surface area contributed by atoms with Crippen LogP contribution >= 0.6 is 0 Å². The zero-order valence-electron chi connectivity index (χ0n) is 97.1. The third-order valence-corrected chi connectivity index (χ3v) is 32.2. The topological polar surface area (TPSA) is 303 Å². The van der Waals surface area contributed by atoms with Crippen LogP contribution in [0.15, 0.2) is 42.5 Å². The molecule has 2 heterocycles. The number of benzene rings is 2. The molecule has 2 saturated heterocycles. The van der Waals surface area contributed by atoms with Crippen molar-refractivity contribution in [3.8, 4) is 11.8 Å². The van der Waals surface area contributed by atoms with Crippen molar-refractivity contribution >= 4 is 59.6 Å². The van der Waals surface area contributed by atoms with Gasteiger partial charge in [-0.2, -0.15) is 71.1 Å². The van der Waals surface area contributed by atoms with Crippen LogP contribution in [0.25, 0.3) is 0 Å². The van der Waals surface area contributed by atoms with Gasteiger partial charge in [-0.1, -0.05) is 162 Å². The number of carboxylic acid groups (broad SMARTS) is 1. The summed E-state index contributed by atoms with van der Waals surface area (Å²) in [4.78, 5) is 116. The van der Waals surface area contributed by atoms with E-state index in [-0.39, 0.29) is 94.5 Å². The Hall–Kier alpha value is -8.26. The van der Waals surface area contributed by atoms with Gasteiger partial charge in [0.1, 0.15) is 29.2 Å². The van der Waals surface area contributed by atoms with E-state index < -0.39 is 140 Å². The van der Waals surface area contributed by atoms with Crippen LogP contribution in [-0.4, -0.2) is 148 Å². The number of amides is 2. The Bertz CT molecular complexity index is 4680.